The van der Waals surface area contributed by atoms with Crippen LogP contribution in [0.2, 0.25) is 0 Å². The van der Waals surface area contributed by atoms with Crippen molar-refractivity contribution < 1.29 is 8.78 Å². The normalized spacial score (nSPS) is 22.2. The molecule has 0 aromatic rings. The molecule has 2 nitrogen and oxygen atoms in total. The quantitative estimate of drug-likeness (QED) is 0.773. The van der Waals surface area contributed by atoms with Gasteiger partial charge in [0.1, 0.15) is 0 Å². The number of hydrogen-bond acceptors (Lipinski definition) is 3. The van der Waals surface area contributed by atoms with Gasteiger partial charge in [0.15, 0.2) is 11.7 Å². The Kier molecular flexibility index (Phi) is 4.55. The van der Waals surface area contributed by atoms with E-state index in [9.17, 15) is 8.78 Å². The second-order valence-corrected chi connectivity index (χ2v) is 5.50. The van der Waals surface area contributed by atoms with Crippen molar-refractivity contribution in [3.63, 3.8) is 0 Å². The van der Waals surface area contributed by atoms with Crippen LogP contribution in [0.15, 0.2) is 33.5 Å². The zero-order valence-electron chi connectivity index (χ0n) is 11.2. The first-order valence-corrected chi connectivity index (χ1v) is 7.21. The fourth-order valence-corrected chi connectivity index (χ4v) is 2.76. The molecule has 0 aromatic carbocycles. The molecule has 1 aliphatic heterocycles. The van der Waals surface area contributed by atoms with Gasteiger partial charge in [-0.05, 0) is 32.1 Å². The first-order valence-electron chi connectivity index (χ1n) is 6.76. The Morgan fingerprint density at radius 2 is 1.84 bits per heavy atom. The van der Waals surface area contributed by atoms with E-state index in [0.29, 0.717) is 35.6 Å². The molecule has 1 aliphatic carbocycles. The van der Waals surface area contributed by atoms with E-state index in [1.165, 1.54) is 0 Å². The van der Waals surface area contributed by atoms with Crippen LogP contribution >= 0.6 is 12.6 Å². The van der Waals surface area contributed by atoms with Crippen LogP contribution in [0, 0.1) is 0 Å². The van der Waals surface area contributed by atoms with Crippen molar-refractivity contribution in [2.24, 2.45) is 5.73 Å². The van der Waals surface area contributed by atoms with Crippen molar-refractivity contribution in [2.45, 2.75) is 39.0 Å². The molecule has 0 saturated carbocycles. The Morgan fingerprint density at radius 1 is 1.21 bits per heavy atom. The zero-order valence-corrected chi connectivity index (χ0v) is 12.1. The molecule has 19 heavy (non-hydrogen) atoms. The Hall–Kier alpha value is -0.970. The molecule has 0 atom stereocenters. The van der Waals surface area contributed by atoms with E-state index in [4.69, 9.17) is 5.73 Å². The fourth-order valence-electron chi connectivity index (χ4n) is 2.62. The van der Waals surface area contributed by atoms with Crippen LogP contribution in [0.25, 0.3) is 0 Å². The van der Waals surface area contributed by atoms with E-state index >= 15 is 0 Å². The van der Waals surface area contributed by atoms with Crippen LogP contribution in [0.4, 0.5) is 8.78 Å². The summed E-state index contributed by atoms with van der Waals surface area (Å²) in [6.45, 7) is 3.53. The van der Waals surface area contributed by atoms with E-state index in [2.05, 4.69) is 12.6 Å². The molecule has 2 rings (SSSR count). The van der Waals surface area contributed by atoms with Crippen molar-refractivity contribution >= 4 is 12.6 Å². The van der Waals surface area contributed by atoms with Gasteiger partial charge in [-0.25, -0.2) is 8.78 Å². The van der Waals surface area contributed by atoms with Crippen LogP contribution in [-0.4, -0.2) is 18.0 Å². The molecule has 0 aromatic heterocycles. The maximum absolute atomic E-state index is 14.2. The summed E-state index contributed by atoms with van der Waals surface area (Å²) >= 11 is 4.22. The van der Waals surface area contributed by atoms with Gasteiger partial charge in [-0.2, -0.15) is 0 Å². The lowest BCUT2D eigenvalue weighted by molar-refractivity contribution is 0.369. The summed E-state index contributed by atoms with van der Waals surface area (Å²) in [6, 6.07) is 0. The Labute approximate surface area is 118 Å². The van der Waals surface area contributed by atoms with Crippen LogP contribution in [0.5, 0.6) is 0 Å². The predicted octanol–water partition coefficient (Wildman–Crippen LogP) is 3.79. The molecule has 1 heterocycles. The topological polar surface area (TPSA) is 29.3 Å². The number of nitrogens with two attached hydrogens (primary N) is 1. The second-order valence-electron chi connectivity index (χ2n) is 4.96. The molecule has 1 saturated heterocycles. The lowest BCUT2D eigenvalue weighted by Crippen LogP contribution is -2.23. The largest absolute Gasteiger partial charge is 0.398 e. The highest BCUT2D eigenvalue weighted by atomic mass is 32.1. The molecule has 0 spiro atoms. The number of likely N-dealkylation sites (tertiary alicyclic amines) is 1. The standard InChI is InChI=1S/C14H20F2N2S/c1-2-11(19)14(17)9-5-6-10(13(16)12(9)15)18-7-3-4-8-18/h19H,2-8,17H2,1H3/b14-11-. The fraction of sp³-hybridized carbons (Fsp3) is 0.571. The lowest BCUT2D eigenvalue weighted by Gasteiger charge is -2.26. The summed E-state index contributed by atoms with van der Waals surface area (Å²) in [7, 11) is 0. The molecule has 5 heteroatoms. The van der Waals surface area contributed by atoms with Crippen LogP contribution in [0.1, 0.15) is 39.0 Å². The Morgan fingerprint density at radius 3 is 2.42 bits per heavy atom. The number of rotatable bonds is 3. The maximum atomic E-state index is 14.2. The Bertz CT molecular complexity index is 460. The van der Waals surface area contributed by atoms with Gasteiger partial charge in [0.05, 0.1) is 5.70 Å². The SMILES string of the molecule is CC/C(S)=C(/N)C1=C(F)C(F)=C(N2CCCC2)CC1. The van der Waals surface area contributed by atoms with Crippen LogP contribution in [-0.2, 0) is 0 Å². The highest BCUT2D eigenvalue weighted by molar-refractivity contribution is 7.84. The molecule has 0 unspecified atom stereocenters. The molecule has 0 bridgehead atoms. The average Bonchev–Trinajstić information content (AvgIpc) is 2.94. The van der Waals surface area contributed by atoms with E-state index in [-0.39, 0.29) is 5.57 Å². The van der Waals surface area contributed by atoms with Gasteiger partial charge in [-0.1, -0.05) is 6.92 Å². The number of hydrogen-bond donors (Lipinski definition) is 2. The van der Waals surface area contributed by atoms with E-state index < -0.39 is 11.7 Å². The van der Waals surface area contributed by atoms with Gasteiger partial charge in [-0.15, -0.1) is 12.6 Å². The van der Waals surface area contributed by atoms with E-state index in [1.54, 1.807) is 0 Å². The van der Waals surface area contributed by atoms with Crippen molar-refractivity contribution in [3.05, 3.63) is 33.5 Å². The minimum atomic E-state index is -0.800. The summed E-state index contributed by atoms with van der Waals surface area (Å²) in [5, 5.41) is 0. The average molecular weight is 286 g/mol. The zero-order chi connectivity index (χ0) is 14.0. The van der Waals surface area contributed by atoms with Crippen LogP contribution < -0.4 is 5.73 Å². The maximum Gasteiger partial charge on any atom is 0.178 e. The van der Waals surface area contributed by atoms with Gasteiger partial charge in [-0.3, -0.25) is 0 Å². The number of thiol groups is 1. The van der Waals surface area contributed by atoms with Crippen molar-refractivity contribution in [1.82, 2.24) is 4.90 Å². The van der Waals surface area contributed by atoms with Gasteiger partial charge in [0.25, 0.3) is 0 Å². The summed E-state index contributed by atoms with van der Waals surface area (Å²) < 4.78 is 28.3. The van der Waals surface area contributed by atoms with Gasteiger partial charge >= 0.3 is 0 Å². The third-order valence-corrected chi connectivity index (χ3v) is 4.34. The first kappa shape index (κ1) is 14.4. The van der Waals surface area contributed by atoms with E-state index in [1.807, 2.05) is 11.8 Å². The number of allylic oxidation sites excluding steroid dienone is 5. The summed E-state index contributed by atoms with van der Waals surface area (Å²) in [5.74, 6) is -1.53. The molecule has 1 fully saturated rings. The first-order chi connectivity index (χ1) is 9.06. The predicted molar refractivity (Wildman–Crippen MR) is 76.8 cm³/mol. The summed E-state index contributed by atoms with van der Waals surface area (Å²) in [4.78, 5) is 2.56. The highest BCUT2D eigenvalue weighted by Gasteiger charge is 2.28. The molecule has 2 N–H and O–H groups in total. The number of nitrogens with zero attached hydrogens (tertiary/aromatic N) is 1. The van der Waals surface area contributed by atoms with Crippen LogP contribution in [0.3, 0.4) is 0 Å². The third kappa shape index (κ3) is 2.81. The van der Waals surface area contributed by atoms with Crippen molar-refractivity contribution in [1.29, 1.82) is 0 Å². The molecular weight excluding hydrogens is 266 g/mol. The minimum absolute atomic E-state index is 0.271. The van der Waals surface area contributed by atoms with Crippen molar-refractivity contribution in [2.75, 3.05) is 13.1 Å². The van der Waals surface area contributed by atoms with Gasteiger partial charge < -0.3 is 10.6 Å². The molecule has 106 valence electrons. The molecule has 2 aliphatic rings. The Balaban J connectivity index is 2.34. The molecule has 0 amide bonds. The summed E-state index contributed by atoms with van der Waals surface area (Å²) in [6.07, 6.45) is 3.68. The van der Waals surface area contributed by atoms with E-state index in [0.717, 1.165) is 25.9 Å². The van der Waals surface area contributed by atoms with Gasteiger partial charge in [0, 0.05) is 29.3 Å². The summed E-state index contributed by atoms with van der Waals surface area (Å²) in [5.41, 5.74) is 6.92. The lowest BCUT2D eigenvalue weighted by atomic mass is 9.97. The minimum Gasteiger partial charge on any atom is -0.398 e. The highest BCUT2D eigenvalue weighted by Crippen LogP contribution is 2.38. The monoisotopic (exact) mass is 286 g/mol. The van der Waals surface area contributed by atoms with Gasteiger partial charge in [0.2, 0.25) is 0 Å². The smallest absolute Gasteiger partial charge is 0.178 e. The van der Waals surface area contributed by atoms with Crippen molar-refractivity contribution in [3.8, 4) is 0 Å². The second kappa shape index (κ2) is 5.99. The third-order valence-electron chi connectivity index (χ3n) is 3.78. The molecule has 0 radical (unpaired) electrons. The molecular formula is C14H20F2N2S. The number of halogens is 2.